The molecule has 4 aromatic rings. The fourth-order valence-corrected chi connectivity index (χ4v) is 4.72. The number of carbonyl (C=O) groups is 1. The smallest absolute Gasteiger partial charge is 0.326 e. The summed E-state index contributed by atoms with van der Waals surface area (Å²) in [6, 6.07) is 18.0. The van der Waals surface area contributed by atoms with Gasteiger partial charge >= 0.3 is 6.03 Å². The van der Waals surface area contributed by atoms with Gasteiger partial charge in [-0.3, -0.25) is 9.47 Å². The van der Waals surface area contributed by atoms with Crippen LogP contribution in [0.4, 0.5) is 9.18 Å². The van der Waals surface area contributed by atoms with Gasteiger partial charge < -0.3 is 5.32 Å². The average Bonchev–Trinajstić information content (AvgIpc) is 3.21. The Kier molecular flexibility index (Phi) is 6.81. The molecule has 1 aliphatic rings. The average molecular weight is 500 g/mol. The van der Waals surface area contributed by atoms with E-state index in [0.717, 1.165) is 40.8 Å². The van der Waals surface area contributed by atoms with Crippen LogP contribution in [0.1, 0.15) is 27.9 Å². The summed E-state index contributed by atoms with van der Waals surface area (Å²) < 4.78 is 15.1. The van der Waals surface area contributed by atoms with Crippen molar-refractivity contribution in [2.75, 3.05) is 13.1 Å². The predicted molar refractivity (Wildman–Crippen MR) is 138 cm³/mol. The number of pyridine rings is 1. The molecular weight excluding hydrogens is 477 g/mol. The van der Waals surface area contributed by atoms with E-state index < -0.39 is 5.95 Å². The molecule has 0 aliphatic carbocycles. The minimum atomic E-state index is -0.584. The van der Waals surface area contributed by atoms with E-state index in [1.165, 1.54) is 12.3 Å². The van der Waals surface area contributed by atoms with Gasteiger partial charge in [0.05, 0.1) is 17.1 Å². The van der Waals surface area contributed by atoms with Crippen molar-refractivity contribution in [3.8, 4) is 6.07 Å². The van der Waals surface area contributed by atoms with Crippen LogP contribution in [-0.2, 0) is 19.5 Å². The molecule has 2 aromatic heterocycles. The summed E-state index contributed by atoms with van der Waals surface area (Å²) in [4.78, 5) is 19.2. The topological polar surface area (TPSA) is 74.0 Å². The number of carbonyl (C=O) groups excluding carboxylic acids is 1. The number of aromatic nitrogens is 2. The minimum Gasteiger partial charge on any atom is -0.333 e. The zero-order valence-corrected chi connectivity index (χ0v) is 20.2. The summed E-state index contributed by atoms with van der Waals surface area (Å²) in [6.07, 6.45) is 6.26. The third-order valence-electron chi connectivity index (χ3n) is 6.34. The lowest BCUT2D eigenvalue weighted by atomic mass is 10.0. The SMILES string of the molecule is N#Cc1ccc2c(c1)c1c(n2C(=O)NCc2ccnc(F)c2)CCN(CC=Cc2ccc(Cl)cc2)C1. The second kappa shape index (κ2) is 10.3. The second-order valence-electron chi connectivity index (χ2n) is 8.69. The van der Waals surface area contributed by atoms with Gasteiger partial charge in [-0.05, 0) is 59.2 Å². The Hall–Kier alpha value is -3.99. The molecule has 1 aliphatic heterocycles. The lowest BCUT2D eigenvalue weighted by molar-refractivity contribution is 0.240. The molecular formula is C28H23ClFN5O. The first-order valence-corrected chi connectivity index (χ1v) is 12.0. The molecule has 0 spiro atoms. The fraction of sp³-hybridized carbons (Fsp3) is 0.179. The van der Waals surface area contributed by atoms with Gasteiger partial charge in [-0.15, -0.1) is 0 Å². The molecule has 180 valence electrons. The standard InChI is InChI=1S/C28H23ClFN5O/c29-22-6-3-19(4-7-22)2-1-12-34-13-10-26-24(18-34)23-14-20(16-31)5-8-25(23)35(26)28(36)33-17-21-9-11-32-27(30)15-21/h1-9,11,14-15H,10,12-13,17-18H2,(H,33,36). The van der Waals surface area contributed by atoms with Crippen LogP contribution in [0.25, 0.3) is 17.0 Å². The van der Waals surface area contributed by atoms with E-state index in [1.54, 1.807) is 16.7 Å². The molecule has 5 rings (SSSR count). The van der Waals surface area contributed by atoms with Crippen molar-refractivity contribution in [1.29, 1.82) is 5.26 Å². The first kappa shape index (κ1) is 23.7. The number of nitrogens with zero attached hydrogens (tertiary/aromatic N) is 4. The highest BCUT2D eigenvalue weighted by Crippen LogP contribution is 2.31. The van der Waals surface area contributed by atoms with E-state index in [9.17, 15) is 14.4 Å². The summed E-state index contributed by atoms with van der Waals surface area (Å²) in [5.74, 6) is -0.584. The van der Waals surface area contributed by atoms with Crippen molar-refractivity contribution in [3.05, 3.63) is 106 Å². The molecule has 0 saturated carbocycles. The number of fused-ring (bicyclic) bond motifs is 3. The Bertz CT molecular complexity index is 1500. The normalized spacial score (nSPS) is 13.6. The van der Waals surface area contributed by atoms with E-state index in [4.69, 9.17) is 11.6 Å². The van der Waals surface area contributed by atoms with Crippen molar-refractivity contribution in [2.24, 2.45) is 0 Å². The minimum absolute atomic E-state index is 0.185. The number of hydrogen-bond donors (Lipinski definition) is 1. The summed E-state index contributed by atoms with van der Waals surface area (Å²) in [6.45, 7) is 2.40. The first-order valence-electron chi connectivity index (χ1n) is 11.6. The lowest BCUT2D eigenvalue weighted by Gasteiger charge is -2.27. The molecule has 6 nitrogen and oxygen atoms in total. The van der Waals surface area contributed by atoms with E-state index in [-0.39, 0.29) is 12.6 Å². The molecule has 1 amide bonds. The Morgan fingerprint density at radius 1 is 1.19 bits per heavy atom. The van der Waals surface area contributed by atoms with Crippen LogP contribution >= 0.6 is 11.6 Å². The first-order chi connectivity index (χ1) is 17.5. The maximum Gasteiger partial charge on any atom is 0.326 e. The maximum absolute atomic E-state index is 13.4. The Morgan fingerprint density at radius 3 is 2.81 bits per heavy atom. The van der Waals surface area contributed by atoms with Gasteiger partial charge in [0.1, 0.15) is 0 Å². The summed E-state index contributed by atoms with van der Waals surface area (Å²) in [7, 11) is 0. The van der Waals surface area contributed by atoms with Gasteiger partial charge in [0.25, 0.3) is 0 Å². The van der Waals surface area contributed by atoms with Gasteiger partial charge in [0.15, 0.2) is 0 Å². The number of nitriles is 1. The van der Waals surface area contributed by atoms with E-state index in [0.29, 0.717) is 29.1 Å². The van der Waals surface area contributed by atoms with E-state index >= 15 is 0 Å². The highest BCUT2D eigenvalue weighted by molar-refractivity contribution is 6.30. The van der Waals surface area contributed by atoms with Gasteiger partial charge in [-0.1, -0.05) is 35.9 Å². The number of rotatable bonds is 5. The largest absolute Gasteiger partial charge is 0.333 e. The third-order valence-corrected chi connectivity index (χ3v) is 6.59. The van der Waals surface area contributed by atoms with Gasteiger partial charge in [0, 0.05) is 54.9 Å². The Labute approximate surface area is 213 Å². The van der Waals surface area contributed by atoms with Crippen molar-refractivity contribution < 1.29 is 9.18 Å². The van der Waals surface area contributed by atoms with Crippen LogP contribution in [0.5, 0.6) is 0 Å². The highest BCUT2D eigenvalue weighted by Gasteiger charge is 2.26. The molecule has 0 saturated heterocycles. The van der Waals surface area contributed by atoms with E-state index in [1.807, 2.05) is 36.4 Å². The Morgan fingerprint density at radius 2 is 2.03 bits per heavy atom. The van der Waals surface area contributed by atoms with Gasteiger partial charge in [-0.2, -0.15) is 9.65 Å². The van der Waals surface area contributed by atoms with Crippen molar-refractivity contribution >= 4 is 34.6 Å². The second-order valence-corrected chi connectivity index (χ2v) is 9.13. The molecule has 0 atom stereocenters. The van der Waals surface area contributed by atoms with Gasteiger partial charge in [0.2, 0.25) is 5.95 Å². The monoisotopic (exact) mass is 499 g/mol. The molecule has 0 radical (unpaired) electrons. The molecule has 3 heterocycles. The predicted octanol–water partition coefficient (Wildman–Crippen LogP) is 5.53. The van der Waals surface area contributed by atoms with Crippen LogP contribution < -0.4 is 5.32 Å². The zero-order valence-electron chi connectivity index (χ0n) is 19.4. The summed E-state index contributed by atoms with van der Waals surface area (Å²) >= 11 is 5.97. The molecule has 0 unspecified atom stereocenters. The van der Waals surface area contributed by atoms with Gasteiger partial charge in [-0.25, -0.2) is 9.78 Å². The van der Waals surface area contributed by atoms with E-state index in [2.05, 4.69) is 33.4 Å². The lowest BCUT2D eigenvalue weighted by Crippen LogP contribution is -2.34. The zero-order chi connectivity index (χ0) is 25.1. The number of halogens is 2. The quantitative estimate of drug-likeness (QED) is 0.366. The Balaban J connectivity index is 1.39. The molecule has 1 N–H and O–H groups in total. The number of nitrogens with one attached hydrogen (secondary N) is 1. The van der Waals surface area contributed by atoms with Crippen LogP contribution in [0.15, 0.2) is 66.9 Å². The third kappa shape index (κ3) is 5.01. The summed E-state index contributed by atoms with van der Waals surface area (Å²) in [5.41, 5.74) is 5.02. The molecule has 0 fully saturated rings. The van der Waals surface area contributed by atoms with Crippen molar-refractivity contribution in [3.63, 3.8) is 0 Å². The molecule has 2 aromatic carbocycles. The number of hydrogen-bond acceptors (Lipinski definition) is 4. The van der Waals surface area contributed by atoms with Crippen molar-refractivity contribution in [2.45, 2.75) is 19.5 Å². The van der Waals surface area contributed by atoms with Crippen LogP contribution in [0.2, 0.25) is 5.02 Å². The fourth-order valence-electron chi connectivity index (χ4n) is 4.59. The van der Waals surface area contributed by atoms with Crippen LogP contribution in [0, 0.1) is 17.3 Å². The number of benzene rings is 2. The molecule has 0 bridgehead atoms. The van der Waals surface area contributed by atoms with Crippen LogP contribution in [0.3, 0.4) is 0 Å². The highest BCUT2D eigenvalue weighted by atomic mass is 35.5. The van der Waals surface area contributed by atoms with Crippen molar-refractivity contribution in [1.82, 2.24) is 19.8 Å². The number of amides is 1. The molecule has 36 heavy (non-hydrogen) atoms. The van der Waals surface area contributed by atoms with Crippen LogP contribution in [-0.4, -0.2) is 33.6 Å². The summed E-state index contributed by atoms with van der Waals surface area (Å²) in [5, 5.41) is 14.0. The molecule has 8 heteroatoms. The maximum atomic E-state index is 13.4.